The highest BCUT2D eigenvalue weighted by molar-refractivity contribution is 6.17. The van der Waals surface area contributed by atoms with E-state index in [4.69, 9.17) is 4.74 Å². The quantitative estimate of drug-likeness (QED) is 0.894. The van der Waals surface area contributed by atoms with Crippen molar-refractivity contribution in [2.24, 2.45) is 5.41 Å². The summed E-state index contributed by atoms with van der Waals surface area (Å²) in [6, 6.07) is 9.67. The molecule has 0 aliphatic carbocycles. The van der Waals surface area contributed by atoms with Gasteiger partial charge in [0.1, 0.15) is 5.75 Å². The Balaban J connectivity index is 2.16. The fourth-order valence-electron chi connectivity index (χ4n) is 3.10. The van der Waals surface area contributed by atoms with Gasteiger partial charge in [0.05, 0.1) is 18.7 Å². The molecule has 3 rings (SSSR count). The van der Waals surface area contributed by atoms with E-state index in [0.29, 0.717) is 17.0 Å². The maximum Gasteiger partial charge on any atom is 0.294 e. The molecule has 1 aliphatic heterocycles. The van der Waals surface area contributed by atoms with Crippen molar-refractivity contribution in [3.8, 4) is 5.75 Å². The lowest BCUT2D eigenvalue weighted by Gasteiger charge is -2.28. The summed E-state index contributed by atoms with van der Waals surface area (Å²) >= 11 is 0. The first-order chi connectivity index (χ1) is 12.8. The minimum absolute atomic E-state index is 0.0938. The number of ether oxygens (including phenoxy) is 1. The Bertz CT molecular complexity index is 896. The third kappa shape index (κ3) is 3.30. The summed E-state index contributed by atoms with van der Waals surface area (Å²) in [5.41, 5.74) is 0.549. The normalized spacial score (nSPS) is 17.4. The van der Waals surface area contributed by atoms with Crippen molar-refractivity contribution in [2.75, 3.05) is 12.0 Å². The van der Waals surface area contributed by atoms with Gasteiger partial charge in [0.15, 0.2) is 11.5 Å². The number of aliphatic hydroxyl groups excluding tert-OH is 1. The Morgan fingerprint density at radius 3 is 2.37 bits per heavy atom. The van der Waals surface area contributed by atoms with Crippen LogP contribution < -0.4 is 9.64 Å². The number of aromatic nitrogens is 1. The molecular weight excluding hydrogens is 344 g/mol. The summed E-state index contributed by atoms with van der Waals surface area (Å²) in [5.74, 6) is -0.758. The largest absolute Gasteiger partial charge is 0.503 e. The van der Waals surface area contributed by atoms with Crippen LogP contribution in [0.2, 0.25) is 0 Å². The summed E-state index contributed by atoms with van der Waals surface area (Å²) < 4.78 is 5.17. The Morgan fingerprint density at radius 1 is 1.19 bits per heavy atom. The zero-order valence-corrected chi connectivity index (χ0v) is 15.8. The molecule has 0 saturated carbocycles. The van der Waals surface area contributed by atoms with Crippen LogP contribution in [0, 0.1) is 5.41 Å². The van der Waals surface area contributed by atoms with Crippen molar-refractivity contribution in [2.45, 2.75) is 26.8 Å². The predicted octanol–water partition coefficient (Wildman–Crippen LogP) is 3.61. The zero-order chi connectivity index (χ0) is 19.8. The molecule has 27 heavy (non-hydrogen) atoms. The third-order valence-corrected chi connectivity index (χ3v) is 4.48. The van der Waals surface area contributed by atoms with Gasteiger partial charge in [-0.05, 0) is 35.9 Å². The zero-order valence-electron chi connectivity index (χ0n) is 15.8. The average molecular weight is 366 g/mol. The van der Waals surface area contributed by atoms with Crippen LogP contribution in [0.15, 0.2) is 60.1 Å². The fourth-order valence-corrected chi connectivity index (χ4v) is 3.10. The van der Waals surface area contributed by atoms with E-state index in [1.807, 2.05) is 0 Å². The minimum atomic E-state index is -0.750. The number of anilines is 1. The van der Waals surface area contributed by atoms with E-state index in [1.54, 1.807) is 76.7 Å². The summed E-state index contributed by atoms with van der Waals surface area (Å²) in [6.45, 7) is 5.28. The molecule has 0 fully saturated rings. The number of rotatable bonds is 4. The highest BCUT2D eigenvalue weighted by Gasteiger charge is 2.46. The Kier molecular flexibility index (Phi) is 4.74. The number of hydrogen-bond donors (Lipinski definition) is 1. The average Bonchev–Trinajstić information content (AvgIpc) is 2.92. The molecular formula is C21H22N2O4. The lowest BCUT2D eigenvalue weighted by Crippen LogP contribution is -2.32. The number of carbonyl (C=O) groups excluding carboxylic acids is 2. The van der Waals surface area contributed by atoms with E-state index < -0.39 is 23.1 Å². The topological polar surface area (TPSA) is 79.7 Å². The number of carbonyl (C=O) groups is 2. The Hall–Kier alpha value is -3.15. The number of aliphatic hydroxyl groups is 1. The summed E-state index contributed by atoms with van der Waals surface area (Å²) in [5, 5.41) is 10.6. The molecule has 0 bridgehead atoms. The second kappa shape index (κ2) is 6.87. The molecule has 1 amide bonds. The number of hydrogen-bond acceptors (Lipinski definition) is 5. The molecule has 1 aromatic carbocycles. The molecule has 140 valence electrons. The SMILES string of the molecule is COc1ccc(N2C(=O)C(O)=C(C(=O)C(C)(C)C)C2c2cccnc2)cc1. The van der Waals surface area contributed by atoms with Crippen LogP contribution in [0.25, 0.3) is 0 Å². The van der Waals surface area contributed by atoms with Gasteiger partial charge in [-0.15, -0.1) is 0 Å². The van der Waals surface area contributed by atoms with Crippen LogP contribution in [-0.4, -0.2) is 28.9 Å². The monoisotopic (exact) mass is 366 g/mol. The number of pyridine rings is 1. The van der Waals surface area contributed by atoms with Crippen molar-refractivity contribution < 1.29 is 19.4 Å². The number of ketones is 1. The molecule has 0 radical (unpaired) electrons. The molecule has 0 saturated heterocycles. The van der Waals surface area contributed by atoms with Crippen LogP contribution in [0.5, 0.6) is 5.75 Å². The van der Waals surface area contributed by atoms with Crippen molar-refractivity contribution in [3.63, 3.8) is 0 Å². The van der Waals surface area contributed by atoms with Gasteiger partial charge in [-0.25, -0.2) is 0 Å². The molecule has 2 heterocycles. The Labute approximate surface area is 158 Å². The number of Topliss-reactive ketones (excluding diaryl/α,β-unsaturated/α-hetero) is 1. The van der Waals surface area contributed by atoms with E-state index in [9.17, 15) is 14.7 Å². The van der Waals surface area contributed by atoms with E-state index in [0.717, 1.165) is 0 Å². The molecule has 1 aromatic heterocycles. The summed E-state index contributed by atoms with van der Waals surface area (Å²) in [4.78, 5) is 31.5. The standard InChI is InChI=1S/C21H22N2O4/c1-21(2,3)19(25)16-17(13-6-5-11-22-12-13)23(20(26)18(16)24)14-7-9-15(27-4)10-8-14/h5-12,17,24H,1-4H3. The molecule has 1 unspecified atom stereocenters. The van der Waals surface area contributed by atoms with Gasteiger partial charge < -0.3 is 9.84 Å². The van der Waals surface area contributed by atoms with Crippen molar-refractivity contribution >= 4 is 17.4 Å². The number of methoxy groups -OCH3 is 1. The molecule has 0 spiro atoms. The first-order valence-corrected chi connectivity index (χ1v) is 8.61. The molecule has 1 aliphatic rings. The predicted molar refractivity (Wildman–Crippen MR) is 102 cm³/mol. The number of amides is 1. The Morgan fingerprint density at radius 2 is 1.85 bits per heavy atom. The molecule has 1 atom stereocenters. The first kappa shape index (κ1) is 18.6. The number of benzene rings is 1. The molecule has 6 nitrogen and oxygen atoms in total. The molecule has 1 N–H and O–H groups in total. The first-order valence-electron chi connectivity index (χ1n) is 8.61. The lowest BCUT2D eigenvalue weighted by molar-refractivity contribution is -0.123. The van der Waals surface area contributed by atoms with E-state index >= 15 is 0 Å². The highest BCUT2D eigenvalue weighted by Crippen LogP contribution is 2.43. The third-order valence-electron chi connectivity index (χ3n) is 4.48. The number of nitrogens with zero attached hydrogens (tertiary/aromatic N) is 2. The highest BCUT2D eigenvalue weighted by atomic mass is 16.5. The van der Waals surface area contributed by atoms with Crippen LogP contribution >= 0.6 is 0 Å². The van der Waals surface area contributed by atoms with Crippen LogP contribution in [0.1, 0.15) is 32.4 Å². The van der Waals surface area contributed by atoms with E-state index in [-0.39, 0.29) is 11.4 Å². The van der Waals surface area contributed by atoms with Crippen LogP contribution in [0.4, 0.5) is 5.69 Å². The van der Waals surface area contributed by atoms with Gasteiger partial charge in [0.2, 0.25) is 0 Å². The van der Waals surface area contributed by atoms with E-state index in [1.165, 1.54) is 4.90 Å². The maximum absolute atomic E-state index is 13.0. The van der Waals surface area contributed by atoms with Gasteiger partial charge in [-0.2, -0.15) is 0 Å². The summed E-state index contributed by atoms with van der Waals surface area (Å²) in [7, 11) is 1.56. The summed E-state index contributed by atoms with van der Waals surface area (Å²) in [6.07, 6.45) is 3.22. The molecule has 2 aromatic rings. The van der Waals surface area contributed by atoms with Gasteiger partial charge in [-0.3, -0.25) is 19.5 Å². The van der Waals surface area contributed by atoms with Crippen molar-refractivity contribution in [3.05, 3.63) is 65.7 Å². The van der Waals surface area contributed by atoms with Crippen molar-refractivity contribution in [1.29, 1.82) is 0 Å². The lowest BCUT2D eigenvalue weighted by atomic mass is 9.82. The smallest absolute Gasteiger partial charge is 0.294 e. The van der Waals surface area contributed by atoms with Crippen LogP contribution in [0.3, 0.4) is 0 Å². The fraction of sp³-hybridized carbons (Fsp3) is 0.286. The van der Waals surface area contributed by atoms with Gasteiger partial charge in [0, 0.05) is 23.5 Å². The van der Waals surface area contributed by atoms with E-state index in [2.05, 4.69) is 4.98 Å². The minimum Gasteiger partial charge on any atom is -0.503 e. The van der Waals surface area contributed by atoms with Crippen LogP contribution in [-0.2, 0) is 9.59 Å². The maximum atomic E-state index is 13.0. The molecule has 6 heteroatoms. The van der Waals surface area contributed by atoms with Gasteiger partial charge >= 0.3 is 0 Å². The van der Waals surface area contributed by atoms with Gasteiger partial charge in [-0.1, -0.05) is 26.8 Å². The second-order valence-corrected chi connectivity index (χ2v) is 7.40. The van der Waals surface area contributed by atoms with Gasteiger partial charge in [0.25, 0.3) is 5.91 Å². The second-order valence-electron chi connectivity index (χ2n) is 7.40. The van der Waals surface area contributed by atoms with Crippen molar-refractivity contribution in [1.82, 2.24) is 4.98 Å².